The molecule has 3 rings (SSSR count). The van der Waals surface area contributed by atoms with Crippen molar-refractivity contribution < 1.29 is 26.3 Å². The highest BCUT2D eigenvalue weighted by molar-refractivity contribution is 6.07. The third kappa shape index (κ3) is 2.91. The Morgan fingerprint density at radius 1 is 1.00 bits per heavy atom. The number of aromatic nitrogens is 2. The van der Waals surface area contributed by atoms with Crippen molar-refractivity contribution in [1.82, 2.24) is 4.98 Å². The van der Waals surface area contributed by atoms with Gasteiger partial charge in [0.2, 0.25) is 12.3 Å². The molecule has 3 aromatic rings. The van der Waals surface area contributed by atoms with Gasteiger partial charge in [0.25, 0.3) is 0 Å². The molecule has 20 heavy (non-hydrogen) atoms. The number of hydrogen-bond donors (Lipinski definition) is 0. The zero-order valence-corrected chi connectivity index (χ0v) is 12.3. The molecular formula is C16H13BrN2O. The average molecular weight is 329 g/mol. The lowest BCUT2D eigenvalue weighted by Gasteiger charge is -2.03. The zero-order chi connectivity index (χ0) is 13.1. The van der Waals surface area contributed by atoms with Crippen molar-refractivity contribution in [2.45, 2.75) is 6.54 Å². The van der Waals surface area contributed by atoms with Gasteiger partial charge in [-0.2, -0.15) is 4.57 Å². The molecule has 4 heteroatoms. The predicted octanol–water partition coefficient (Wildman–Crippen LogP) is -0.591. The lowest BCUT2D eigenvalue weighted by Crippen LogP contribution is -3.00. The van der Waals surface area contributed by atoms with Gasteiger partial charge in [-0.3, -0.25) is 9.78 Å². The number of rotatable bonds is 3. The Balaban J connectivity index is 0.00000147. The first-order valence-electron chi connectivity index (χ1n) is 6.14. The summed E-state index contributed by atoms with van der Waals surface area (Å²) in [5.41, 5.74) is 0.766. The Morgan fingerprint density at radius 2 is 1.70 bits per heavy atom. The summed E-state index contributed by atoms with van der Waals surface area (Å²) in [6.45, 7) is 0.330. The number of Topliss-reactive ketones (excluding diaryl/α,β-unsaturated/α-hetero) is 1. The van der Waals surface area contributed by atoms with Gasteiger partial charge in [0.05, 0.1) is 12.4 Å². The molecule has 0 unspecified atom stereocenters. The van der Waals surface area contributed by atoms with E-state index in [4.69, 9.17) is 0 Å². The third-order valence-corrected chi connectivity index (χ3v) is 3.10. The molecule has 2 aromatic carbocycles. The fourth-order valence-electron chi connectivity index (χ4n) is 2.17. The monoisotopic (exact) mass is 328 g/mol. The fraction of sp³-hybridized carbons (Fsp3) is 0.0625. The summed E-state index contributed by atoms with van der Waals surface area (Å²) in [6, 6.07) is 13.8. The Morgan fingerprint density at radius 3 is 2.50 bits per heavy atom. The van der Waals surface area contributed by atoms with E-state index >= 15 is 0 Å². The SMILES string of the molecule is O=C(C[n+]1ccncc1)c1cccc2ccccc12.[Br-]. The van der Waals surface area contributed by atoms with E-state index in [-0.39, 0.29) is 22.8 Å². The molecule has 1 aromatic heterocycles. The van der Waals surface area contributed by atoms with Gasteiger partial charge in [0, 0.05) is 5.56 Å². The maximum absolute atomic E-state index is 12.4. The van der Waals surface area contributed by atoms with Gasteiger partial charge in [-0.1, -0.05) is 42.5 Å². The largest absolute Gasteiger partial charge is 1.00 e. The van der Waals surface area contributed by atoms with Crippen molar-refractivity contribution in [1.29, 1.82) is 0 Å². The van der Waals surface area contributed by atoms with Gasteiger partial charge in [0.15, 0.2) is 12.4 Å². The molecule has 0 N–H and O–H groups in total. The average Bonchev–Trinajstić information content (AvgIpc) is 2.47. The summed E-state index contributed by atoms with van der Waals surface area (Å²) in [7, 11) is 0. The summed E-state index contributed by atoms with van der Waals surface area (Å²) in [4.78, 5) is 16.3. The van der Waals surface area contributed by atoms with Crippen LogP contribution in [0, 0.1) is 0 Å². The lowest BCUT2D eigenvalue weighted by molar-refractivity contribution is -0.683. The highest BCUT2D eigenvalue weighted by atomic mass is 79.9. The van der Waals surface area contributed by atoms with Crippen LogP contribution in [0.15, 0.2) is 67.3 Å². The molecule has 0 saturated carbocycles. The molecule has 0 aliphatic carbocycles. The maximum atomic E-state index is 12.4. The van der Waals surface area contributed by atoms with Crippen molar-refractivity contribution >= 4 is 16.6 Å². The first kappa shape index (κ1) is 14.3. The highest BCUT2D eigenvalue weighted by Gasteiger charge is 2.14. The van der Waals surface area contributed by atoms with Gasteiger partial charge in [-0.05, 0) is 10.8 Å². The second kappa shape index (κ2) is 6.39. The number of nitrogens with zero attached hydrogens (tertiary/aromatic N) is 2. The van der Waals surface area contributed by atoms with Crippen molar-refractivity contribution in [3.8, 4) is 0 Å². The van der Waals surface area contributed by atoms with Crippen molar-refractivity contribution in [2.75, 3.05) is 0 Å². The van der Waals surface area contributed by atoms with Gasteiger partial charge in [0.1, 0.15) is 0 Å². The van der Waals surface area contributed by atoms with Crippen molar-refractivity contribution in [2.24, 2.45) is 0 Å². The molecule has 0 fully saturated rings. The van der Waals surface area contributed by atoms with E-state index in [0.717, 1.165) is 16.3 Å². The molecule has 0 radical (unpaired) electrons. The summed E-state index contributed by atoms with van der Waals surface area (Å²) < 4.78 is 1.83. The van der Waals surface area contributed by atoms with E-state index < -0.39 is 0 Å². The number of benzene rings is 2. The molecule has 0 amide bonds. The molecule has 3 nitrogen and oxygen atoms in total. The van der Waals surface area contributed by atoms with Crippen LogP contribution < -0.4 is 21.5 Å². The number of carbonyl (C=O) groups excluding carboxylic acids is 1. The summed E-state index contributed by atoms with van der Waals surface area (Å²) in [6.07, 6.45) is 6.94. The summed E-state index contributed by atoms with van der Waals surface area (Å²) in [5, 5.41) is 2.10. The molecule has 0 aliphatic rings. The molecule has 0 saturated heterocycles. The van der Waals surface area contributed by atoms with Crippen LogP contribution in [0.25, 0.3) is 10.8 Å². The van der Waals surface area contributed by atoms with Crippen LogP contribution in [0.5, 0.6) is 0 Å². The van der Waals surface area contributed by atoms with E-state index in [9.17, 15) is 4.79 Å². The van der Waals surface area contributed by atoms with Crippen LogP contribution in [0.1, 0.15) is 10.4 Å². The number of fused-ring (bicyclic) bond motifs is 1. The van der Waals surface area contributed by atoms with E-state index in [1.807, 2.05) is 47.0 Å². The van der Waals surface area contributed by atoms with E-state index in [0.29, 0.717) is 6.54 Å². The first-order valence-corrected chi connectivity index (χ1v) is 6.14. The second-order valence-electron chi connectivity index (χ2n) is 4.37. The van der Waals surface area contributed by atoms with Crippen LogP contribution in [0.2, 0.25) is 0 Å². The number of carbonyl (C=O) groups is 1. The Kier molecular flexibility index (Phi) is 4.58. The van der Waals surface area contributed by atoms with Gasteiger partial charge in [-0.15, -0.1) is 0 Å². The molecule has 0 atom stereocenters. The first-order chi connectivity index (χ1) is 9.34. The summed E-state index contributed by atoms with van der Waals surface area (Å²) >= 11 is 0. The molecule has 0 spiro atoms. The third-order valence-electron chi connectivity index (χ3n) is 3.10. The number of hydrogen-bond acceptors (Lipinski definition) is 2. The normalized spacial score (nSPS) is 10.0. The number of halogens is 1. The standard InChI is InChI=1S/C16H13N2O.BrH/c19-16(12-18-10-8-17-9-11-18)15-7-3-5-13-4-1-2-6-14(13)15;/h1-11H,12H2;1H/q+1;/p-1. The van der Waals surface area contributed by atoms with Crippen LogP contribution in [0.4, 0.5) is 0 Å². The lowest BCUT2D eigenvalue weighted by atomic mass is 10.0. The van der Waals surface area contributed by atoms with Gasteiger partial charge < -0.3 is 17.0 Å². The van der Waals surface area contributed by atoms with Crippen LogP contribution in [-0.2, 0) is 6.54 Å². The topological polar surface area (TPSA) is 33.8 Å². The molecule has 1 heterocycles. The van der Waals surface area contributed by atoms with E-state index in [2.05, 4.69) is 4.98 Å². The smallest absolute Gasteiger partial charge is 0.228 e. The predicted molar refractivity (Wildman–Crippen MR) is 72.7 cm³/mol. The molecule has 100 valence electrons. The molecule has 0 bridgehead atoms. The zero-order valence-electron chi connectivity index (χ0n) is 10.7. The van der Waals surface area contributed by atoms with Crippen molar-refractivity contribution in [3.05, 3.63) is 72.8 Å². The Labute approximate surface area is 127 Å². The minimum Gasteiger partial charge on any atom is -1.00 e. The van der Waals surface area contributed by atoms with E-state index in [1.165, 1.54) is 0 Å². The van der Waals surface area contributed by atoms with Gasteiger partial charge in [-0.25, -0.2) is 0 Å². The van der Waals surface area contributed by atoms with Crippen molar-refractivity contribution in [3.63, 3.8) is 0 Å². The fourth-order valence-corrected chi connectivity index (χ4v) is 2.17. The summed E-state index contributed by atoms with van der Waals surface area (Å²) in [5.74, 6) is 0.105. The molecule has 0 aliphatic heterocycles. The minimum absolute atomic E-state index is 0. The minimum atomic E-state index is 0. The van der Waals surface area contributed by atoms with Crippen LogP contribution >= 0.6 is 0 Å². The van der Waals surface area contributed by atoms with Crippen LogP contribution in [-0.4, -0.2) is 10.8 Å². The molecular weight excluding hydrogens is 316 g/mol. The Bertz CT molecular complexity index is 723. The quantitative estimate of drug-likeness (QED) is 0.475. The maximum Gasteiger partial charge on any atom is 0.228 e. The van der Waals surface area contributed by atoms with E-state index in [1.54, 1.807) is 24.8 Å². The Hall–Kier alpha value is -2.07. The second-order valence-corrected chi connectivity index (χ2v) is 4.37. The number of ketones is 1. The highest BCUT2D eigenvalue weighted by Crippen LogP contribution is 2.18. The van der Waals surface area contributed by atoms with Gasteiger partial charge >= 0.3 is 0 Å². The van der Waals surface area contributed by atoms with Crippen LogP contribution in [0.3, 0.4) is 0 Å².